The molecule has 0 aromatic heterocycles. The highest BCUT2D eigenvalue weighted by molar-refractivity contribution is 5.97. The molecule has 0 saturated heterocycles. The number of carbonyl (C=O) groups is 1. The molecule has 0 radical (unpaired) electrons. The number of aliphatic hydroxyl groups is 1. The quantitative estimate of drug-likeness (QED) is 0.624. The van der Waals surface area contributed by atoms with E-state index in [1.165, 1.54) is 12.1 Å². The molecule has 1 aliphatic carbocycles. The van der Waals surface area contributed by atoms with Crippen molar-refractivity contribution >= 4 is 5.91 Å². The van der Waals surface area contributed by atoms with Gasteiger partial charge in [-0.3, -0.25) is 4.79 Å². The maximum absolute atomic E-state index is 11.7. The lowest BCUT2D eigenvalue weighted by Gasteiger charge is -2.36. The minimum Gasteiger partial charge on any atom is -0.508 e. The molecule has 1 saturated carbocycles. The molecular formula is C12H15NO4. The third-order valence-corrected chi connectivity index (χ3v) is 3.09. The molecule has 2 rings (SSSR count). The van der Waals surface area contributed by atoms with Crippen LogP contribution in [0.1, 0.15) is 29.6 Å². The third-order valence-electron chi connectivity index (χ3n) is 3.09. The minimum atomic E-state index is -0.789. The van der Waals surface area contributed by atoms with Crippen LogP contribution in [0.5, 0.6) is 11.5 Å². The summed E-state index contributed by atoms with van der Waals surface area (Å²) in [7, 11) is 0. The molecule has 0 aliphatic heterocycles. The SMILES string of the molecule is O=C(NCC1(O)CCC1)c1ccc(O)cc1O. The monoisotopic (exact) mass is 237 g/mol. The van der Waals surface area contributed by atoms with Gasteiger partial charge in [-0.2, -0.15) is 0 Å². The van der Waals surface area contributed by atoms with Crippen molar-refractivity contribution < 1.29 is 20.1 Å². The maximum atomic E-state index is 11.7. The van der Waals surface area contributed by atoms with Crippen LogP contribution in [0.25, 0.3) is 0 Å². The average molecular weight is 237 g/mol. The second kappa shape index (κ2) is 4.25. The van der Waals surface area contributed by atoms with Crippen LogP contribution in [-0.4, -0.2) is 33.4 Å². The summed E-state index contributed by atoms with van der Waals surface area (Å²) in [4.78, 5) is 11.7. The molecular weight excluding hydrogens is 222 g/mol. The van der Waals surface area contributed by atoms with Crippen LogP contribution in [0.4, 0.5) is 0 Å². The van der Waals surface area contributed by atoms with E-state index in [1.54, 1.807) is 0 Å². The fourth-order valence-corrected chi connectivity index (χ4v) is 1.81. The summed E-state index contributed by atoms with van der Waals surface area (Å²) in [5, 5.41) is 30.9. The second-order valence-corrected chi connectivity index (χ2v) is 4.46. The van der Waals surface area contributed by atoms with Crippen molar-refractivity contribution in [1.29, 1.82) is 0 Å². The van der Waals surface area contributed by atoms with Gasteiger partial charge in [-0.05, 0) is 31.4 Å². The Morgan fingerprint density at radius 2 is 2.06 bits per heavy atom. The minimum absolute atomic E-state index is 0.0886. The molecule has 5 nitrogen and oxygen atoms in total. The predicted octanol–water partition coefficient (Wildman–Crippen LogP) is 0.743. The second-order valence-electron chi connectivity index (χ2n) is 4.46. The first-order valence-electron chi connectivity index (χ1n) is 5.53. The Hall–Kier alpha value is -1.75. The molecule has 92 valence electrons. The summed E-state index contributed by atoms with van der Waals surface area (Å²) in [6.07, 6.45) is 2.35. The topological polar surface area (TPSA) is 89.8 Å². The third kappa shape index (κ3) is 2.50. The van der Waals surface area contributed by atoms with Gasteiger partial charge in [0.15, 0.2) is 0 Å². The molecule has 17 heavy (non-hydrogen) atoms. The van der Waals surface area contributed by atoms with Gasteiger partial charge < -0.3 is 20.6 Å². The number of benzene rings is 1. The van der Waals surface area contributed by atoms with Crippen LogP contribution in [0, 0.1) is 0 Å². The molecule has 1 fully saturated rings. The van der Waals surface area contributed by atoms with Crippen LogP contribution in [0.2, 0.25) is 0 Å². The zero-order chi connectivity index (χ0) is 12.5. The van der Waals surface area contributed by atoms with Gasteiger partial charge >= 0.3 is 0 Å². The lowest BCUT2D eigenvalue weighted by molar-refractivity contribution is -0.0300. The number of hydrogen-bond acceptors (Lipinski definition) is 4. The van der Waals surface area contributed by atoms with E-state index in [-0.39, 0.29) is 23.6 Å². The van der Waals surface area contributed by atoms with Crippen LogP contribution >= 0.6 is 0 Å². The molecule has 0 spiro atoms. The first-order valence-corrected chi connectivity index (χ1v) is 5.53. The van der Waals surface area contributed by atoms with Crippen molar-refractivity contribution in [1.82, 2.24) is 5.32 Å². The van der Waals surface area contributed by atoms with Crippen molar-refractivity contribution in [2.45, 2.75) is 24.9 Å². The summed E-state index contributed by atoms with van der Waals surface area (Å²) >= 11 is 0. The molecule has 1 amide bonds. The summed E-state index contributed by atoms with van der Waals surface area (Å²) in [6, 6.07) is 3.77. The number of phenolic OH excluding ortho intramolecular Hbond substituents is 2. The van der Waals surface area contributed by atoms with E-state index in [2.05, 4.69) is 5.32 Å². The Morgan fingerprint density at radius 1 is 1.35 bits per heavy atom. The molecule has 5 heteroatoms. The van der Waals surface area contributed by atoms with Gasteiger partial charge in [0.1, 0.15) is 11.5 Å². The first-order chi connectivity index (χ1) is 8.00. The summed E-state index contributed by atoms with van der Waals surface area (Å²) in [5.41, 5.74) is -0.701. The molecule has 0 unspecified atom stereocenters. The van der Waals surface area contributed by atoms with Crippen molar-refractivity contribution in [2.24, 2.45) is 0 Å². The number of aromatic hydroxyl groups is 2. The zero-order valence-electron chi connectivity index (χ0n) is 9.31. The summed E-state index contributed by atoms with van der Waals surface area (Å²) in [6.45, 7) is 0.187. The normalized spacial score (nSPS) is 17.2. The maximum Gasteiger partial charge on any atom is 0.255 e. The Kier molecular flexibility index (Phi) is 2.93. The van der Waals surface area contributed by atoms with E-state index < -0.39 is 11.5 Å². The Labute approximate surface area is 98.7 Å². The van der Waals surface area contributed by atoms with Gasteiger partial charge in [0, 0.05) is 12.6 Å². The first kappa shape index (κ1) is 11.7. The van der Waals surface area contributed by atoms with Crippen LogP contribution in [0.15, 0.2) is 18.2 Å². The van der Waals surface area contributed by atoms with Gasteiger partial charge in [0.25, 0.3) is 5.91 Å². The number of amides is 1. The molecule has 0 bridgehead atoms. The standard InChI is InChI=1S/C12H15NO4/c14-8-2-3-9(10(15)6-8)11(16)13-7-12(17)4-1-5-12/h2-3,6,14-15,17H,1,4-5,7H2,(H,13,16). The number of phenols is 2. The number of carbonyl (C=O) groups excluding carboxylic acids is 1. The molecule has 1 aliphatic rings. The fraction of sp³-hybridized carbons (Fsp3) is 0.417. The van der Waals surface area contributed by atoms with E-state index in [0.717, 1.165) is 12.5 Å². The van der Waals surface area contributed by atoms with Crippen LogP contribution < -0.4 is 5.32 Å². The van der Waals surface area contributed by atoms with Crippen molar-refractivity contribution in [3.8, 4) is 11.5 Å². The van der Waals surface area contributed by atoms with Crippen LogP contribution in [0.3, 0.4) is 0 Å². The molecule has 4 N–H and O–H groups in total. The highest BCUT2D eigenvalue weighted by atomic mass is 16.3. The Bertz CT molecular complexity index is 440. The number of hydrogen-bond donors (Lipinski definition) is 4. The van der Waals surface area contributed by atoms with Crippen molar-refractivity contribution in [2.75, 3.05) is 6.54 Å². The van der Waals surface area contributed by atoms with Gasteiger partial charge in [0.2, 0.25) is 0 Å². The average Bonchev–Trinajstić information content (AvgIpc) is 2.23. The van der Waals surface area contributed by atoms with E-state index in [1.807, 2.05) is 0 Å². The van der Waals surface area contributed by atoms with Crippen LogP contribution in [-0.2, 0) is 0 Å². The smallest absolute Gasteiger partial charge is 0.255 e. The van der Waals surface area contributed by atoms with Gasteiger partial charge in [0.05, 0.1) is 11.2 Å². The summed E-state index contributed by atoms with van der Waals surface area (Å²) in [5.74, 6) is -0.831. The number of rotatable bonds is 3. The molecule has 0 heterocycles. The Morgan fingerprint density at radius 3 is 2.59 bits per heavy atom. The van der Waals surface area contributed by atoms with E-state index >= 15 is 0 Å². The van der Waals surface area contributed by atoms with Gasteiger partial charge in [-0.1, -0.05) is 0 Å². The fourth-order valence-electron chi connectivity index (χ4n) is 1.81. The van der Waals surface area contributed by atoms with E-state index in [4.69, 9.17) is 5.11 Å². The van der Waals surface area contributed by atoms with Crippen molar-refractivity contribution in [3.05, 3.63) is 23.8 Å². The van der Waals surface area contributed by atoms with E-state index in [0.29, 0.717) is 12.8 Å². The number of nitrogens with one attached hydrogen (secondary N) is 1. The Balaban J connectivity index is 1.99. The highest BCUT2D eigenvalue weighted by Gasteiger charge is 2.34. The zero-order valence-corrected chi connectivity index (χ0v) is 9.31. The summed E-state index contributed by atoms with van der Waals surface area (Å²) < 4.78 is 0. The lowest BCUT2D eigenvalue weighted by Crippen LogP contribution is -2.47. The van der Waals surface area contributed by atoms with Gasteiger partial charge in [-0.15, -0.1) is 0 Å². The molecule has 0 atom stereocenters. The molecule has 1 aromatic rings. The predicted molar refractivity (Wildman–Crippen MR) is 60.9 cm³/mol. The van der Waals surface area contributed by atoms with E-state index in [9.17, 15) is 15.0 Å². The van der Waals surface area contributed by atoms with Gasteiger partial charge in [-0.25, -0.2) is 0 Å². The largest absolute Gasteiger partial charge is 0.508 e. The van der Waals surface area contributed by atoms with Crippen molar-refractivity contribution in [3.63, 3.8) is 0 Å². The molecule has 1 aromatic carbocycles. The lowest BCUT2D eigenvalue weighted by atomic mass is 9.80. The highest BCUT2D eigenvalue weighted by Crippen LogP contribution is 2.31.